The van der Waals surface area contributed by atoms with Gasteiger partial charge in [-0.3, -0.25) is 14.6 Å². The third kappa shape index (κ3) is 7.44. The zero-order valence-electron chi connectivity index (χ0n) is 26.0. The van der Waals surface area contributed by atoms with Crippen LogP contribution in [0.1, 0.15) is 55.2 Å². The second-order valence-electron chi connectivity index (χ2n) is 10.3. The molecule has 0 spiro atoms. The van der Waals surface area contributed by atoms with Crippen LogP contribution in [-0.4, -0.2) is 45.2 Å². The summed E-state index contributed by atoms with van der Waals surface area (Å²) in [6, 6.07) is 32.0. The standard InChI is InChI=1S/C37H35N3O6/c1-43-29-13-5-24(6-14-29)34(25-7-15-30(44-2)16-8-25)39-36(41)28-21-22-38-33(23-28)37(42)40-35(26-9-17-31(45-3)18-10-26)27-11-19-32(46-4)20-12-27/h5-23,34-35H,1-4H3,(H,39,41)(H,40,42). The van der Waals surface area contributed by atoms with Crippen LogP contribution in [0.3, 0.4) is 0 Å². The van der Waals surface area contributed by atoms with Gasteiger partial charge in [0, 0.05) is 11.8 Å². The zero-order valence-corrected chi connectivity index (χ0v) is 26.0. The lowest BCUT2D eigenvalue weighted by Crippen LogP contribution is -2.31. The lowest BCUT2D eigenvalue weighted by atomic mass is 9.97. The molecule has 5 aromatic rings. The molecule has 2 N–H and O–H groups in total. The molecule has 4 aromatic carbocycles. The number of benzene rings is 4. The van der Waals surface area contributed by atoms with Gasteiger partial charge in [-0.1, -0.05) is 48.5 Å². The third-order valence-electron chi connectivity index (χ3n) is 7.60. The topological polar surface area (TPSA) is 108 Å². The van der Waals surface area contributed by atoms with E-state index in [1.54, 1.807) is 34.5 Å². The molecule has 234 valence electrons. The maximum Gasteiger partial charge on any atom is 0.270 e. The van der Waals surface area contributed by atoms with Gasteiger partial charge in [-0.25, -0.2) is 0 Å². The molecular weight excluding hydrogens is 582 g/mol. The molecule has 0 bridgehead atoms. The minimum atomic E-state index is -0.502. The van der Waals surface area contributed by atoms with Crippen LogP contribution in [0.5, 0.6) is 23.0 Å². The average Bonchev–Trinajstić information content (AvgIpc) is 3.13. The van der Waals surface area contributed by atoms with Crippen molar-refractivity contribution in [1.29, 1.82) is 0 Å². The molecule has 0 saturated heterocycles. The highest BCUT2D eigenvalue weighted by Gasteiger charge is 2.22. The van der Waals surface area contributed by atoms with E-state index in [-0.39, 0.29) is 17.2 Å². The SMILES string of the molecule is COc1ccc(C(NC(=O)c2ccnc(C(=O)NC(c3ccc(OC)cc3)c3ccc(OC)cc3)c2)c2ccc(OC)cc2)cc1. The van der Waals surface area contributed by atoms with E-state index in [0.29, 0.717) is 23.0 Å². The molecular formula is C37H35N3O6. The van der Waals surface area contributed by atoms with Crippen molar-refractivity contribution in [3.8, 4) is 23.0 Å². The van der Waals surface area contributed by atoms with Gasteiger partial charge in [0.25, 0.3) is 11.8 Å². The number of nitrogens with zero attached hydrogens (tertiary/aromatic N) is 1. The largest absolute Gasteiger partial charge is 0.497 e. The maximum atomic E-state index is 13.7. The number of amides is 2. The molecule has 0 radical (unpaired) electrons. The molecule has 0 unspecified atom stereocenters. The highest BCUT2D eigenvalue weighted by molar-refractivity contribution is 5.99. The van der Waals surface area contributed by atoms with Crippen LogP contribution < -0.4 is 29.6 Å². The van der Waals surface area contributed by atoms with Crippen LogP contribution in [0, 0.1) is 0 Å². The summed E-state index contributed by atoms with van der Waals surface area (Å²) in [4.78, 5) is 31.6. The number of rotatable bonds is 12. The van der Waals surface area contributed by atoms with Crippen LogP contribution in [0.4, 0.5) is 0 Å². The van der Waals surface area contributed by atoms with E-state index in [9.17, 15) is 9.59 Å². The van der Waals surface area contributed by atoms with Crippen molar-refractivity contribution in [3.05, 3.63) is 149 Å². The van der Waals surface area contributed by atoms with Crippen molar-refractivity contribution >= 4 is 11.8 Å². The Balaban J connectivity index is 1.40. The number of pyridine rings is 1. The van der Waals surface area contributed by atoms with Gasteiger partial charge in [-0.05, 0) is 82.9 Å². The molecule has 0 saturated carbocycles. The number of ether oxygens (including phenoxy) is 4. The lowest BCUT2D eigenvalue weighted by Gasteiger charge is -2.21. The van der Waals surface area contributed by atoms with Gasteiger partial charge in [0.15, 0.2) is 0 Å². The highest BCUT2D eigenvalue weighted by Crippen LogP contribution is 2.28. The minimum Gasteiger partial charge on any atom is -0.497 e. The number of carbonyl (C=O) groups is 2. The zero-order chi connectivity index (χ0) is 32.5. The Bertz CT molecular complexity index is 1530. The summed E-state index contributed by atoms with van der Waals surface area (Å²) < 4.78 is 21.3. The van der Waals surface area contributed by atoms with E-state index in [4.69, 9.17) is 18.9 Å². The molecule has 0 aliphatic rings. The fourth-order valence-corrected chi connectivity index (χ4v) is 5.02. The Morgan fingerprint density at radius 2 is 0.826 bits per heavy atom. The lowest BCUT2D eigenvalue weighted by molar-refractivity contribution is 0.0938. The number of carbonyl (C=O) groups excluding carboxylic acids is 2. The van der Waals surface area contributed by atoms with Gasteiger partial charge in [0.2, 0.25) is 0 Å². The summed E-state index contributed by atoms with van der Waals surface area (Å²) in [6.45, 7) is 0. The first-order valence-corrected chi connectivity index (χ1v) is 14.6. The number of methoxy groups -OCH3 is 4. The normalized spacial score (nSPS) is 10.7. The van der Waals surface area contributed by atoms with Crippen molar-refractivity contribution in [3.63, 3.8) is 0 Å². The number of aromatic nitrogens is 1. The van der Waals surface area contributed by atoms with Crippen molar-refractivity contribution in [1.82, 2.24) is 15.6 Å². The van der Waals surface area contributed by atoms with Crippen molar-refractivity contribution < 1.29 is 28.5 Å². The maximum absolute atomic E-state index is 13.7. The first kappa shape index (κ1) is 31.6. The Labute approximate surface area is 268 Å². The first-order chi connectivity index (χ1) is 22.4. The van der Waals surface area contributed by atoms with Gasteiger partial charge >= 0.3 is 0 Å². The van der Waals surface area contributed by atoms with E-state index in [1.165, 1.54) is 12.3 Å². The Morgan fingerprint density at radius 1 is 0.500 bits per heavy atom. The van der Waals surface area contributed by atoms with Crippen LogP contribution in [0.25, 0.3) is 0 Å². The van der Waals surface area contributed by atoms with E-state index < -0.39 is 18.0 Å². The van der Waals surface area contributed by atoms with Crippen molar-refractivity contribution in [2.24, 2.45) is 0 Å². The van der Waals surface area contributed by atoms with Crippen LogP contribution in [0.15, 0.2) is 115 Å². The molecule has 1 aromatic heterocycles. The predicted molar refractivity (Wildman–Crippen MR) is 175 cm³/mol. The molecule has 0 atom stereocenters. The Hall–Kier alpha value is -5.83. The van der Waals surface area contributed by atoms with Crippen LogP contribution in [-0.2, 0) is 0 Å². The first-order valence-electron chi connectivity index (χ1n) is 14.6. The van der Waals surface area contributed by atoms with E-state index in [1.807, 2.05) is 97.1 Å². The second-order valence-corrected chi connectivity index (χ2v) is 10.3. The summed E-state index contributed by atoms with van der Waals surface area (Å²) >= 11 is 0. The fraction of sp³-hybridized carbons (Fsp3) is 0.162. The molecule has 1 heterocycles. The van der Waals surface area contributed by atoms with Crippen LogP contribution >= 0.6 is 0 Å². The van der Waals surface area contributed by atoms with Gasteiger partial charge in [-0.15, -0.1) is 0 Å². The minimum absolute atomic E-state index is 0.102. The van der Waals surface area contributed by atoms with Gasteiger partial charge in [-0.2, -0.15) is 0 Å². The molecule has 0 aliphatic carbocycles. The fourth-order valence-electron chi connectivity index (χ4n) is 5.02. The Morgan fingerprint density at radius 3 is 1.15 bits per heavy atom. The molecule has 0 fully saturated rings. The van der Waals surface area contributed by atoms with E-state index in [0.717, 1.165) is 22.3 Å². The van der Waals surface area contributed by atoms with Gasteiger partial charge in [0.05, 0.1) is 40.5 Å². The summed E-state index contributed by atoms with van der Waals surface area (Å²) in [5, 5.41) is 6.20. The molecule has 9 heteroatoms. The number of nitrogens with one attached hydrogen (secondary N) is 2. The molecule has 2 amide bonds. The Kier molecular flexibility index (Phi) is 10.1. The number of hydrogen-bond donors (Lipinski definition) is 2. The summed E-state index contributed by atoms with van der Waals surface area (Å²) in [5.74, 6) is 2.01. The van der Waals surface area contributed by atoms with Crippen molar-refractivity contribution in [2.45, 2.75) is 12.1 Å². The quantitative estimate of drug-likeness (QED) is 0.173. The summed E-state index contributed by atoms with van der Waals surface area (Å²) in [6.07, 6.45) is 1.45. The monoisotopic (exact) mass is 617 g/mol. The van der Waals surface area contributed by atoms with Crippen molar-refractivity contribution in [2.75, 3.05) is 28.4 Å². The average molecular weight is 618 g/mol. The third-order valence-corrected chi connectivity index (χ3v) is 7.60. The second kappa shape index (κ2) is 14.8. The van der Waals surface area contributed by atoms with Gasteiger partial charge in [0.1, 0.15) is 28.7 Å². The molecule has 0 aliphatic heterocycles. The van der Waals surface area contributed by atoms with Gasteiger partial charge < -0.3 is 29.6 Å². The predicted octanol–water partition coefficient (Wildman–Crippen LogP) is 6.15. The highest BCUT2D eigenvalue weighted by atomic mass is 16.5. The molecule has 5 rings (SSSR count). The molecule has 46 heavy (non-hydrogen) atoms. The van der Waals surface area contributed by atoms with E-state index >= 15 is 0 Å². The molecule has 9 nitrogen and oxygen atoms in total. The summed E-state index contributed by atoms with van der Waals surface area (Å²) in [7, 11) is 6.40. The van der Waals surface area contributed by atoms with E-state index in [2.05, 4.69) is 15.6 Å². The number of hydrogen-bond acceptors (Lipinski definition) is 7. The van der Waals surface area contributed by atoms with Crippen LogP contribution in [0.2, 0.25) is 0 Å². The summed E-state index contributed by atoms with van der Waals surface area (Å²) in [5.41, 5.74) is 3.79. The smallest absolute Gasteiger partial charge is 0.270 e.